The lowest BCUT2D eigenvalue weighted by Gasteiger charge is -2.17. The summed E-state index contributed by atoms with van der Waals surface area (Å²) in [5, 5.41) is 13.6. The van der Waals surface area contributed by atoms with Gasteiger partial charge in [-0.15, -0.1) is 0 Å². The summed E-state index contributed by atoms with van der Waals surface area (Å²) in [7, 11) is 1.57. The van der Waals surface area contributed by atoms with Crippen LogP contribution in [0.15, 0.2) is 24.3 Å². The molecule has 0 aromatic heterocycles. The monoisotopic (exact) mass is 389 g/mol. The van der Waals surface area contributed by atoms with Crippen LogP contribution in [-0.2, 0) is 6.54 Å². The van der Waals surface area contributed by atoms with E-state index in [0.29, 0.717) is 28.8 Å². The smallest absolute Gasteiger partial charge is 0.180 e. The number of hydrogen-bond acceptors (Lipinski definition) is 4. The molecule has 0 unspecified atom stereocenters. The second-order valence-corrected chi connectivity index (χ2v) is 6.64. The molecule has 2 aromatic rings. The third-order valence-corrected chi connectivity index (χ3v) is 4.01. The molecule has 24 heavy (non-hydrogen) atoms. The van der Waals surface area contributed by atoms with Crippen LogP contribution in [0, 0.1) is 0 Å². The van der Waals surface area contributed by atoms with Crippen LogP contribution in [0.2, 0.25) is 15.1 Å². The van der Waals surface area contributed by atoms with Gasteiger partial charge in [0.25, 0.3) is 0 Å². The van der Waals surface area contributed by atoms with Gasteiger partial charge >= 0.3 is 0 Å². The van der Waals surface area contributed by atoms with Gasteiger partial charge in [-0.1, -0.05) is 34.8 Å². The highest BCUT2D eigenvalue weighted by Gasteiger charge is 2.14. The Hall–Kier alpha value is -1.49. The summed E-state index contributed by atoms with van der Waals surface area (Å²) >= 11 is 18.1. The van der Waals surface area contributed by atoms with E-state index in [1.807, 2.05) is 19.9 Å². The molecule has 0 saturated carbocycles. The number of ether oxygens (including phenoxy) is 2. The lowest BCUT2D eigenvalue weighted by molar-refractivity contribution is 0.230. The molecule has 0 bridgehead atoms. The van der Waals surface area contributed by atoms with Gasteiger partial charge in [0, 0.05) is 12.2 Å². The molecule has 2 N–H and O–H groups in total. The summed E-state index contributed by atoms with van der Waals surface area (Å²) in [4.78, 5) is 0. The number of benzene rings is 2. The molecule has 0 saturated heterocycles. The maximum absolute atomic E-state index is 9.58. The van der Waals surface area contributed by atoms with Crippen molar-refractivity contribution in [3.8, 4) is 17.2 Å². The molecule has 0 radical (unpaired) electrons. The molecule has 0 fully saturated rings. The summed E-state index contributed by atoms with van der Waals surface area (Å²) in [6.07, 6.45) is -0.0124. The number of hydrogen-bond donors (Lipinski definition) is 2. The van der Waals surface area contributed by atoms with E-state index in [2.05, 4.69) is 5.32 Å². The highest BCUT2D eigenvalue weighted by Crippen LogP contribution is 2.38. The van der Waals surface area contributed by atoms with E-state index in [-0.39, 0.29) is 21.9 Å². The van der Waals surface area contributed by atoms with E-state index in [4.69, 9.17) is 44.3 Å². The van der Waals surface area contributed by atoms with Crippen LogP contribution >= 0.6 is 34.8 Å². The Morgan fingerprint density at radius 3 is 2.21 bits per heavy atom. The fraction of sp³-hybridized carbons (Fsp3) is 0.294. The molecular formula is C17H18Cl3NO3. The first-order valence-electron chi connectivity index (χ1n) is 7.26. The Bertz CT molecular complexity index is 712. The van der Waals surface area contributed by atoms with Crippen LogP contribution in [0.5, 0.6) is 17.2 Å². The summed E-state index contributed by atoms with van der Waals surface area (Å²) < 4.78 is 11.1. The molecule has 130 valence electrons. The van der Waals surface area contributed by atoms with Crippen LogP contribution in [0.4, 0.5) is 5.69 Å². The van der Waals surface area contributed by atoms with E-state index in [9.17, 15) is 5.11 Å². The molecular weight excluding hydrogens is 373 g/mol. The van der Waals surface area contributed by atoms with E-state index >= 15 is 0 Å². The topological polar surface area (TPSA) is 50.7 Å². The van der Waals surface area contributed by atoms with E-state index in [1.54, 1.807) is 25.3 Å². The molecule has 7 heteroatoms. The maximum atomic E-state index is 9.58. The highest BCUT2D eigenvalue weighted by molar-refractivity contribution is 6.37. The molecule has 0 aliphatic carbocycles. The Balaban J connectivity index is 2.20. The van der Waals surface area contributed by atoms with Crippen molar-refractivity contribution < 1.29 is 14.6 Å². The SMILES string of the molecule is COc1cc(CNc2cc(Cl)c(O)c(Cl)c2)cc(Cl)c1OC(C)C. The second kappa shape index (κ2) is 8.06. The standard InChI is InChI=1S/C17H18Cl3NO3/c1-9(2)24-17-14(20)4-10(5-15(17)23-3)8-21-11-6-12(18)16(22)13(19)7-11/h4-7,9,21-22H,8H2,1-3H3. The Kier molecular flexibility index (Phi) is 6.33. The number of rotatable bonds is 6. The van der Waals surface area contributed by atoms with Gasteiger partial charge in [0.1, 0.15) is 0 Å². The summed E-state index contributed by atoms with van der Waals surface area (Å²) in [5.41, 5.74) is 1.58. The number of halogens is 3. The third kappa shape index (κ3) is 4.53. The minimum atomic E-state index is -0.135. The second-order valence-electron chi connectivity index (χ2n) is 5.42. The summed E-state index contributed by atoms with van der Waals surface area (Å²) in [6, 6.07) is 6.84. The predicted molar refractivity (Wildman–Crippen MR) is 99.2 cm³/mol. The first-order chi connectivity index (χ1) is 11.3. The van der Waals surface area contributed by atoms with Crippen LogP contribution in [0.3, 0.4) is 0 Å². The molecule has 0 amide bonds. The van der Waals surface area contributed by atoms with Gasteiger partial charge in [-0.2, -0.15) is 0 Å². The molecule has 0 spiro atoms. The maximum Gasteiger partial charge on any atom is 0.180 e. The number of nitrogens with one attached hydrogen (secondary N) is 1. The lowest BCUT2D eigenvalue weighted by atomic mass is 10.2. The van der Waals surface area contributed by atoms with Gasteiger partial charge in [0.05, 0.1) is 28.3 Å². The minimum Gasteiger partial charge on any atom is -0.505 e. The van der Waals surface area contributed by atoms with Crippen molar-refractivity contribution in [1.29, 1.82) is 0 Å². The van der Waals surface area contributed by atoms with Crippen LogP contribution in [-0.4, -0.2) is 18.3 Å². The molecule has 2 aromatic carbocycles. The van der Waals surface area contributed by atoms with Crippen molar-refractivity contribution >= 4 is 40.5 Å². The highest BCUT2D eigenvalue weighted by atomic mass is 35.5. The quantitative estimate of drug-likeness (QED) is 0.616. The third-order valence-electron chi connectivity index (χ3n) is 3.16. The number of methoxy groups -OCH3 is 1. The minimum absolute atomic E-state index is 0.0124. The zero-order valence-electron chi connectivity index (χ0n) is 13.5. The van der Waals surface area contributed by atoms with Gasteiger partial charge in [0.2, 0.25) is 0 Å². The van der Waals surface area contributed by atoms with Gasteiger partial charge < -0.3 is 19.9 Å². The Labute approximate surface area is 156 Å². The van der Waals surface area contributed by atoms with E-state index in [0.717, 1.165) is 5.56 Å². The number of anilines is 1. The lowest BCUT2D eigenvalue weighted by Crippen LogP contribution is -2.08. The van der Waals surface area contributed by atoms with Gasteiger partial charge in [-0.3, -0.25) is 0 Å². The van der Waals surface area contributed by atoms with Crippen molar-refractivity contribution in [2.45, 2.75) is 26.5 Å². The summed E-state index contributed by atoms with van der Waals surface area (Å²) in [5.74, 6) is 0.951. The van der Waals surface area contributed by atoms with Gasteiger partial charge in [-0.25, -0.2) is 0 Å². The van der Waals surface area contributed by atoms with Crippen molar-refractivity contribution in [3.63, 3.8) is 0 Å². The summed E-state index contributed by atoms with van der Waals surface area (Å²) in [6.45, 7) is 4.31. The molecule has 0 aliphatic heterocycles. The van der Waals surface area contributed by atoms with Crippen molar-refractivity contribution in [3.05, 3.63) is 44.9 Å². The van der Waals surface area contributed by atoms with Crippen LogP contribution in [0.1, 0.15) is 19.4 Å². The molecule has 0 heterocycles. The first kappa shape index (κ1) is 18.8. The van der Waals surface area contributed by atoms with Crippen molar-refractivity contribution in [1.82, 2.24) is 0 Å². The molecule has 0 aliphatic rings. The fourth-order valence-electron chi connectivity index (χ4n) is 2.10. The fourth-order valence-corrected chi connectivity index (χ4v) is 2.86. The molecule has 4 nitrogen and oxygen atoms in total. The largest absolute Gasteiger partial charge is 0.505 e. The normalized spacial score (nSPS) is 10.8. The van der Waals surface area contributed by atoms with Crippen LogP contribution < -0.4 is 14.8 Å². The van der Waals surface area contributed by atoms with Crippen molar-refractivity contribution in [2.75, 3.05) is 12.4 Å². The van der Waals surface area contributed by atoms with Gasteiger partial charge in [-0.05, 0) is 43.7 Å². The first-order valence-corrected chi connectivity index (χ1v) is 8.40. The molecule has 2 rings (SSSR count). The molecule has 0 atom stereocenters. The van der Waals surface area contributed by atoms with E-state index < -0.39 is 0 Å². The zero-order valence-corrected chi connectivity index (χ0v) is 15.8. The van der Waals surface area contributed by atoms with Gasteiger partial charge in [0.15, 0.2) is 17.2 Å². The average Bonchev–Trinajstić information content (AvgIpc) is 2.52. The Morgan fingerprint density at radius 1 is 1.04 bits per heavy atom. The van der Waals surface area contributed by atoms with Crippen LogP contribution in [0.25, 0.3) is 0 Å². The van der Waals surface area contributed by atoms with E-state index in [1.165, 1.54) is 0 Å². The Morgan fingerprint density at radius 2 is 1.67 bits per heavy atom. The van der Waals surface area contributed by atoms with Crippen molar-refractivity contribution in [2.24, 2.45) is 0 Å². The average molecular weight is 391 g/mol. The zero-order chi connectivity index (χ0) is 17.9. The predicted octanol–water partition coefficient (Wildman–Crippen LogP) is 5.76. The number of aromatic hydroxyl groups is 1. The number of phenolic OH excluding ortho intramolecular Hbond substituents is 1. The number of phenols is 1.